The number of hydrogen-bond acceptors (Lipinski definition) is 5. The predicted molar refractivity (Wildman–Crippen MR) is 110 cm³/mol. The number of likely N-dealkylation sites (tertiary alicyclic amines) is 1. The first-order valence-electron chi connectivity index (χ1n) is 10.9. The fraction of sp³-hybridized carbons (Fsp3) is 0.591. The van der Waals surface area contributed by atoms with Crippen LogP contribution in [0.25, 0.3) is 0 Å². The Labute approximate surface area is 172 Å². The summed E-state index contributed by atoms with van der Waals surface area (Å²) in [6, 6.07) is 8.39. The second kappa shape index (κ2) is 9.39. The van der Waals surface area contributed by atoms with Crippen molar-refractivity contribution < 1.29 is 9.53 Å². The van der Waals surface area contributed by atoms with Crippen LogP contribution >= 0.6 is 0 Å². The van der Waals surface area contributed by atoms with Crippen LogP contribution in [0.5, 0.6) is 5.75 Å². The zero-order chi connectivity index (χ0) is 20.1. The molecule has 156 valence electrons. The molecule has 1 amide bonds. The van der Waals surface area contributed by atoms with Gasteiger partial charge in [0.15, 0.2) is 0 Å². The molecule has 1 fully saturated rings. The fourth-order valence-electron chi connectivity index (χ4n) is 4.10. The van der Waals surface area contributed by atoms with Crippen LogP contribution < -0.4 is 4.74 Å². The molecule has 0 unspecified atom stereocenters. The molecule has 4 rings (SSSR count). The predicted octanol–water partition coefficient (Wildman–Crippen LogP) is 2.64. The number of benzene rings is 1. The van der Waals surface area contributed by atoms with E-state index in [0.717, 1.165) is 82.3 Å². The highest BCUT2D eigenvalue weighted by Gasteiger charge is 2.23. The summed E-state index contributed by atoms with van der Waals surface area (Å²) in [7, 11) is 0. The van der Waals surface area contributed by atoms with E-state index in [1.54, 1.807) is 0 Å². The summed E-state index contributed by atoms with van der Waals surface area (Å²) >= 11 is 0. The zero-order valence-electron chi connectivity index (χ0n) is 17.3. The summed E-state index contributed by atoms with van der Waals surface area (Å²) in [6.45, 7) is 8.21. The highest BCUT2D eigenvalue weighted by Crippen LogP contribution is 2.20. The van der Waals surface area contributed by atoms with E-state index in [9.17, 15) is 4.79 Å². The Morgan fingerprint density at radius 1 is 1.10 bits per heavy atom. The van der Waals surface area contributed by atoms with Gasteiger partial charge in [-0.1, -0.05) is 24.3 Å². The van der Waals surface area contributed by atoms with Crippen LogP contribution in [0.3, 0.4) is 0 Å². The SMILES string of the molecule is CCCOc1ccc(CN2CCn3nnc(CCC(=O)N4CCCC4)c3C2)cc1. The van der Waals surface area contributed by atoms with Crippen LogP contribution in [0.15, 0.2) is 24.3 Å². The second-order valence-corrected chi connectivity index (χ2v) is 8.00. The summed E-state index contributed by atoms with van der Waals surface area (Å²) in [5, 5.41) is 8.69. The Hall–Kier alpha value is -2.41. The van der Waals surface area contributed by atoms with E-state index in [1.807, 2.05) is 9.58 Å². The number of ether oxygens (including phenoxy) is 1. The van der Waals surface area contributed by atoms with Gasteiger partial charge in [-0.25, -0.2) is 4.68 Å². The van der Waals surface area contributed by atoms with E-state index >= 15 is 0 Å². The van der Waals surface area contributed by atoms with Gasteiger partial charge in [-0.05, 0) is 37.0 Å². The molecule has 2 aliphatic rings. The molecule has 1 saturated heterocycles. The third-order valence-corrected chi connectivity index (χ3v) is 5.76. The van der Waals surface area contributed by atoms with Crippen LogP contribution in [0.1, 0.15) is 49.6 Å². The van der Waals surface area contributed by atoms with Crippen LogP contribution in [-0.4, -0.2) is 56.9 Å². The molecule has 7 heteroatoms. The van der Waals surface area contributed by atoms with Crippen LogP contribution in [0, 0.1) is 0 Å². The maximum atomic E-state index is 12.4. The molecule has 0 spiro atoms. The maximum Gasteiger partial charge on any atom is 0.222 e. The molecule has 0 N–H and O–H groups in total. The van der Waals surface area contributed by atoms with Crippen LogP contribution in [0.4, 0.5) is 0 Å². The van der Waals surface area contributed by atoms with E-state index in [4.69, 9.17) is 4.74 Å². The molecule has 3 heterocycles. The second-order valence-electron chi connectivity index (χ2n) is 8.00. The Kier molecular flexibility index (Phi) is 6.44. The lowest BCUT2D eigenvalue weighted by Gasteiger charge is -2.27. The molecule has 0 saturated carbocycles. The van der Waals surface area contributed by atoms with Crippen LogP contribution in [0.2, 0.25) is 0 Å². The van der Waals surface area contributed by atoms with Crippen molar-refractivity contribution in [3.05, 3.63) is 41.2 Å². The summed E-state index contributed by atoms with van der Waals surface area (Å²) < 4.78 is 7.68. The van der Waals surface area contributed by atoms with E-state index in [1.165, 1.54) is 5.56 Å². The number of nitrogens with zero attached hydrogens (tertiary/aromatic N) is 5. The minimum Gasteiger partial charge on any atom is -0.494 e. The molecule has 0 aliphatic carbocycles. The third kappa shape index (κ3) is 4.96. The molecular formula is C22H31N5O2. The van der Waals surface area contributed by atoms with Gasteiger partial charge in [0.1, 0.15) is 5.75 Å². The van der Waals surface area contributed by atoms with Crippen molar-refractivity contribution in [2.24, 2.45) is 0 Å². The van der Waals surface area contributed by atoms with E-state index < -0.39 is 0 Å². The van der Waals surface area contributed by atoms with Crippen molar-refractivity contribution in [3.8, 4) is 5.75 Å². The lowest BCUT2D eigenvalue weighted by atomic mass is 10.1. The summed E-state index contributed by atoms with van der Waals surface area (Å²) in [4.78, 5) is 16.8. The number of carbonyl (C=O) groups excluding carboxylic acids is 1. The number of carbonyl (C=O) groups is 1. The molecule has 2 aromatic rings. The Morgan fingerprint density at radius 2 is 1.90 bits per heavy atom. The fourth-order valence-corrected chi connectivity index (χ4v) is 4.10. The number of aryl methyl sites for hydroxylation is 1. The van der Waals surface area contributed by atoms with Gasteiger partial charge in [-0.15, -0.1) is 5.10 Å². The van der Waals surface area contributed by atoms with Crippen molar-refractivity contribution in [3.63, 3.8) is 0 Å². The van der Waals surface area contributed by atoms with Crippen molar-refractivity contribution in [1.82, 2.24) is 24.8 Å². The Morgan fingerprint density at radius 3 is 2.66 bits per heavy atom. The first-order chi connectivity index (χ1) is 14.2. The van der Waals surface area contributed by atoms with Gasteiger partial charge >= 0.3 is 0 Å². The summed E-state index contributed by atoms with van der Waals surface area (Å²) in [5.41, 5.74) is 3.42. The minimum absolute atomic E-state index is 0.252. The molecule has 1 aromatic carbocycles. The largest absolute Gasteiger partial charge is 0.494 e. The normalized spacial score (nSPS) is 16.8. The number of rotatable bonds is 8. The van der Waals surface area contributed by atoms with Crippen LogP contribution in [-0.2, 0) is 30.8 Å². The average Bonchev–Trinajstić information content (AvgIpc) is 3.42. The Bertz CT molecular complexity index is 811. The molecule has 7 nitrogen and oxygen atoms in total. The first kappa shape index (κ1) is 19.9. The molecule has 1 aromatic heterocycles. The van der Waals surface area contributed by atoms with E-state index in [0.29, 0.717) is 12.8 Å². The molecule has 0 radical (unpaired) electrons. The summed E-state index contributed by atoms with van der Waals surface area (Å²) in [6.07, 6.45) is 4.50. The highest BCUT2D eigenvalue weighted by atomic mass is 16.5. The van der Waals surface area contributed by atoms with Gasteiger partial charge in [-0.3, -0.25) is 9.69 Å². The van der Waals surface area contributed by atoms with Crippen molar-refractivity contribution in [2.45, 2.75) is 58.7 Å². The molecule has 0 bridgehead atoms. The van der Waals surface area contributed by atoms with E-state index in [2.05, 4.69) is 46.4 Å². The first-order valence-corrected chi connectivity index (χ1v) is 10.9. The number of amides is 1. The number of aromatic nitrogens is 3. The van der Waals surface area contributed by atoms with E-state index in [-0.39, 0.29) is 5.91 Å². The monoisotopic (exact) mass is 397 g/mol. The number of fused-ring (bicyclic) bond motifs is 1. The quantitative estimate of drug-likeness (QED) is 0.685. The van der Waals surface area contributed by atoms with Crippen molar-refractivity contribution in [1.29, 1.82) is 0 Å². The molecule has 2 aliphatic heterocycles. The van der Waals surface area contributed by atoms with Gasteiger partial charge in [-0.2, -0.15) is 0 Å². The third-order valence-electron chi connectivity index (χ3n) is 5.76. The Balaban J connectivity index is 1.33. The minimum atomic E-state index is 0.252. The lowest BCUT2D eigenvalue weighted by Crippen LogP contribution is -2.34. The maximum absolute atomic E-state index is 12.4. The zero-order valence-corrected chi connectivity index (χ0v) is 17.3. The topological polar surface area (TPSA) is 63.5 Å². The van der Waals surface area contributed by atoms with Gasteiger partial charge in [0, 0.05) is 45.6 Å². The standard InChI is InChI=1S/C22H31N5O2/c1-2-15-29-19-7-5-18(6-8-19)16-25-13-14-27-21(17-25)20(23-24-27)9-10-22(28)26-11-3-4-12-26/h5-8H,2-4,9-17H2,1H3. The average molecular weight is 398 g/mol. The lowest BCUT2D eigenvalue weighted by molar-refractivity contribution is -0.130. The van der Waals surface area contributed by atoms with Gasteiger partial charge in [0.05, 0.1) is 24.5 Å². The summed E-state index contributed by atoms with van der Waals surface area (Å²) in [5.74, 6) is 1.18. The van der Waals surface area contributed by atoms with Gasteiger partial charge in [0.2, 0.25) is 5.91 Å². The molecule has 29 heavy (non-hydrogen) atoms. The van der Waals surface area contributed by atoms with Crippen molar-refractivity contribution in [2.75, 3.05) is 26.2 Å². The van der Waals surface area contributed by atoms with Crippen molar-refractivity contribution >= 4 is 5.91 Å². The number of hydrogen-bond donors (Lipinski definition) is 0. The van der Waals surface area contributed by atoms with Gasteiger partial charge < -0.3 is 9.64 Å². The highest BCUT2D eigenvalue weighted by molar-refractivity contribution is 5.76. The smallest absolute Gasteiger partial charge is 0.222 e. The molecule has 0 atom stereocenters. The van der Waals surface area contributed by atoms with Gasteiger partial charge in [0.25, 0.3) is 0 Å². The molecular weight excluding hydrogens is 366 g/mol.